The minimum atomic E-state index is -0.433. The maximum absolute atomic E-state index is 12.0. The van der Waals surface area contributed by atoms with E-state index in [1.807, 2.05) is 20.8 Å². The van der Waals surface area contributed by atoms with Crippen LogP contribution in [0.3, 0.4) is 0 Å². The smallest absolute Gasteiger partial charge is 0.407 e. The van der Waals surface area contributed by atoms with Crippen LogP contribution in [0.15, 0.2) is 0 Å². The molecule has 0 aromatic heterocycles. The van der Waals surface area contributed by atoms with E-state index >= 15 is 0 Å². The van der Waals surface area contributed by atoms with Crippen LogP contribution in [0.25, 0.3) is 0 Å². The first-order valence-corrected chi connectivity index (χ1v) is 9.32. The molecule has 1 saturated heterocycles. The fourth-order valence-electron chi connectivity index (χ4n) is 3.26. The van der Waals surface area contributed by atoms with Crippen molar-refractivity contribution >= 4 is 6.09 Å². The van der Waals surface area contributed by atoms with Gasteiger partial charge in [0, 0.05) is 18.6 Å². The molecule has 134 valence electrons. The number of piperidine rings is 1. The molecular weight excluding hydrogens is 290 g/mol. The maximum atomic E-state index is 12.0. The minimum absolute atomic E-state index is 0.207. The molecule has 5 heteroatoms. The Morgan fingerprint density at radius 2 is 1.87 bits per heavy atom. The molecule has 0 bridgehead atoms. The molecule has 1 saturated carbocycles. The summed E-state index contributed by atoms with van der Waals surface area (Å²) in [5.74, 6) is 0.621. The quantitative estimate of drug-likeness (QED) is 0.756. The summed E-state index contributed by atoms with van der Waals surface area (Å²) in [4.78, 5) is 14.6. The van der Waals surface area contributed by atoms with Gasteiger partial charge in [0.1, 0.15) is 5.60 Å². The molecule has 0 radical (unpaired) electrons. The van der Waals surface area contributed by atoms with Gasteiger partial charge in [0.05, 0.1) is 0 Å². The largest absolute Gasteiger partial charge is 0.444 e. The Labute approximate surface area is 141 Å². The van der Waals surface area contributed by atoms with Crippen LogP contribution in [-0.4, -0.2) is 54.9 Å². The Hall–Kier alpha value is -0.810. The second-order valence-corrected chi connectivity index (χ2v) is 8.11. The number of hydrogen-bond acceptors (Lipinski definition) is 4. The molecule has 2 fully saturated rings. The van der Waals surface area contributed by atoms with Crippen LogP contribution in [0, 0.1) is 5.92 Å². The minimum Gasteiger partial charge on any atom is -0.444 e. The topological polar surface area (TPSA) is 53.6 Å². The third-order valence-electron chi connectivity index (χ3n) is 4.65. The van der Waals surface area contributed by atoms with Gasteiger partial charge in [0.15, 0.2) is 0 Å². The second-order valence-electron chi connectivity index (χ2n) is 8.11. The van der Waals surface area contributed by atoms with E-state index in [1.165, 1.54) is 51.7 Å². The van der Waals surface area contributed by atoms with Crippen molar-refractivity contribution in [3.05, 3.63) is 0 Å². The fourth-order valence-corrected chi connectivity index (χ4v) is 3.26. The van der Waals surface area contributed by atoms with Gasteiger partial charge in [-0.1, -0.05) is 6.92 Å². The van der Waals surface area contributed by atoms with Crippen molar-refractivity contribution in [2.24, 2.45) is 5.92 Å². The van der Waals surface area contributed by atoms with Gasteiger partial charge in [0.25, 0.3) is 0 Å². The summed E-state index contributed by atoms with van der Waals surface area (Å²) in [6.07, 6.45) is 5.82. The number of nitrogens with zero attached hydrogens (tertiary/aromatic N) is 1. The number of likely N-dealkylation sites (tertiary alicyclic amines) is 1. The van der Waals surface area contributed by atoms with Crippen molar-refractivity contribution in [2.45, 2.75) is 77.5 Å². The van der Waals surface area contributed by atoms with Crippen molar-refractivity contribution in [1.29, 1.82) is 0 Å². The normalized spacial score (nSPS) is 21.9. The Morgan fingerprint density at radius 3 is 2.39 bits per heavy atom. The van der Waals surface area contributed by atoms with Gasteiger partial charge in [-0.2, -0.15) is 0 Å². The van der Waals surface area contributed by atoms with Crippen molar-refractivity contribution < 1.29 is 9.53 Å². The Bertz CT molecular complexity index is 369. The highest BCUT2D eigenvalue weighted by Gasteiger charge is 2.33. The average Bonchev–Trinajstić information content (AvgIpc) is 3.28. The van der Waals surface area contributed by atoms with E-state index in [4.69, 9.17) is 4.74 Å². The second kappa shape index (κ2) is 8.34. The van der Waals surface area contributed by atoms with Gasteiger partial charge in [-0.25, -0.2) is 4.79 Å². The number of carbonyl (C=O) groups is 1. The van der Waals surface area contributed by atoms with Gasteiger partial charge < -0.3 is 20.3 Å². The first kappa shape index (κ1) is 18.5. The monoisotopic (exact) mass is 325 g/mol. The zero-order valence-corrected chi connectivity index (χ0v) is 15.4. The van der Waals surface area contributed by atoms with Crippen LogP contribution in [0.1, 0.15) is 59.8 Å². The molecule has 1 amide bonds. The number of amides is 1. The summed E-state index contributed by atoms with van der Waals surface area (Å²) < 4.78 is 5.39. The van der Waals surface area contributed by atoms with E-state index in [2.05, 4.69) is 22.5 Å². The molecule has 1 atom stereocenters. The third kappa shape index (κ3) is 7.08. The predicted octanol–water partition coefficient (Wildman–Crippen LogP) is 2.75. The van der Waals surface area contributed by atoms with E-state index in [0.717, 1.165) is 6.54 Å². The van der Waals surface area contributed by atoms with Crippen LogP contribution >= 0.6 is 0 Å². The summed E-state index contributed by atoms with van der Waals surface area (Å²) in [5, 5.41) is 6.75. The zero-order valence-electron chi connectivity index (χ0n) is 15.4. The molecule has 2 N–H and O–H groups in total. The Morgan fingerprint density at radius 1 is 1.22 bits per heavy atom. The maximum Gasteiger partial charge on any atom is 0.407 e. The molecule has 2 aliphatic rings. The molecule has 1 aliphatic carbocycles. The third-order valence-corrected chi connectivity index (χ3v) is 4.65. The highest BCUT2D eigenvalue weighted by atomic mass is 16.6. The van der Waals surface area contributed by atoms with Gasteiger partial charge in [-0.15, -0.1) is 0 Å². The Balaban J connectivity index is 1.70. The summed E-state index contributed by atoms with van der Waals surface area (Å²) in [5.41, 5.74) is -0.433. The number of ether oxygens (including phenoxy) is 1. The number of hydrogen-bond donors (Lipinski definition) is 2. The van der Waals surface area contributed by atoms with Crippen LogP contribution < -0.4 is 10.6 Å². The first-order valence-electron chi connectivity index (χ1n) is 9.32. The van der Waals surface area contributed by atoms with E-state index < -0.39 is 5.60 Å². The molecule has 5 nitrogen and oxygen atoms in total. The van der Waals surface area contributed by atoms with Crippen molar-refractivity contribution in [1.82, 2.24) is 15.5 Å². The summed E-state index contributed by atoms with van der Waals surface area (Å²) >= 11 is 0. The molecule has 0 aromatic rings. The van der Waals surface area contributed by atoms with Crippen molar-refractivity contribution in [3.63, 3.8) is 0 Å². The number of nitrogens with one attached hydrogen (secondary N) is 2. The van der Waals surface area contributed by atoms with Crippen LogP contribution in [0.2, 0.25) is 0 Å². The fraction of sp³-hybridized carbons (Fsp3) is 0.944. The SMILES string of the molecule is CCCN1CCC(NCC(NC(=O)OC(C)(C)C)C2CC2)CC1. The van der Waals surface area contributed by atoms with Gasteiger partial charge >= 0.3 is 6.09 Å². The van der Waals surface area contributed by atoms with E-state index in [-0.39, 0.29) is 12.1 Å². The summed E-state index contributed by atoms with van der Waals surface area (Å²) in [6, 6.07) is 0.795. The lowest BCUT2D eigenvalue weighted by atomic mass is 10.0. The first-order chi connectivity index (χ1) is 10.9. The molecular formula is C18H35N3O2. The van der Waals surface area contributed by atoms with E-state index in [9.17, 15) is 4.79 Å². The van der Waals surface area contributed by atoms with Gasteiger partial charge in [-0.3, -0.25) is 0 Å². The molecule has 1 aliphatic heterocycles. The predicted molar refractivity (Wildman–Crippen MR) is 93.6 cm³/mol. The lowest BCUT2D eigenvalue weighted by Crippen LogP contribution is -2.50. The summed E-state index contributed by atoms with van der Waals surface area (Å²) in [6.45, 7) is 12.4. The highest BCUT2D eigenvalue weighted by molar-refractivity contribution is 5.68. The van der Waals surface area contributed by atoms with Crippen LogP contribution in [0.4, 0.5) is 4.79 Å². The number of alkyl carbamates (subject to hydrolysis) is 1. The van der Waals surface area contributed by atoms with Crippen LogP contribution in [-0.2, 0) is 4.74 Å². The standard InChI is InChI=1S/C18H35N3O2/c1-5-10-21-11-8-15(9-12-21)19-13-16(14-6-7-14)20-17(22)23-18(2,3)4/h14-16,19H,5-13H2,1-4H3,(H,20,22). The van der Waals surface area contributed by atoms with Gasteiger partial charge in [0.2, 0.25) is 0 Å². The number of carbonyl (C=O) groups excluding carboxylic acids is 1. The molecule has 0 aromatic carbocycles. The molecule has 0 spiro atoms. The molecule has 23 heavy (non-hydrogen) atoms. The average molecular weight is 325 g/mol. The van der Waals surface area contributed by atoms with Gasteiger partial charge in [-0.05, 0) is 78.4 Å². The summed E-state index contributed by atoms with van der Waals surface area (Å²) in [7, 11) is 0. The molecule has 2 rings (SSSR count). The lowest BCUT2D eigenvalue weighted by Gasteiger charge is -2.33. The highest BCUT2D eigenvalue weighted by Crippen LogP contribution is 2.32. The zero-order chi connectivity index (χ0) is 16.9. The van der Waals surface area contributed by atoms with E-state index in [0.29, 0.717) is 12.0 Å². The molecule has 1 heterocycles. The van der Waals surface area contributed by atoms with Crippen molar-refractivity contribution in [3.8, 4) is 0 Å². The Kier molecular flexibility index (Phi) is 6.72. The molecule has 1 unspecified atom stereocenters. The number of rotatable bonds is 7. The van der Waals surface area contributed by atoms with Crippen molar-refractivity contribution in [2.75, 3.05) is 26.2 Å². The van der Waals surface area contributed by atoms with Crippen LogP contribution in [0.5, 0.6) is 0 Å². The van der Waals surface area contributed by atoms with E-state index in [1.54, 1.807) is 0 Å². The lowest BCUT2D eigenvalue weighted by molar-refractivity contribution is 0.0495.